The molecule has 0 saturated carbocycles. The van der Waals surface area contributed by atoms with Crippen LogP contribution in [0.4, 0.5) is 0 Å². The first-order valence-corrected chi connectivity index (χ1v) is 11.9. The molecule has 0 aliphatic carbocycles. The average Bonchev–Trinajstić information content (AvgIpc) is 3.50. The fraction of sp³-hybridized carbons (Fsp3) is 0.680. The maximum Gasteiger partial charge on any atom is 0.189 e. The summed E-state index contributed by atoms with van der Waals surface area (Å²) in [4.78, 5) is 25.3. The van der Waals surface area contributed by atoms with E-state index in [4.69, 9.17) is 9.47 Å². The predicted octanol–water partition coefficient (Wildman–Crippen LogP) is 3.11. The molecule has 2 aliphatic rings. The molecular weight excluding hydrogens is 428 g/mol. The number of rotatable bonds is 10. The molecule has 0 radical (unpaired) electrons. The number of carbonyl (C=O) groups is 2. The van der Waals surface area contributed by atoms with Crippen molar-refractivity contribution in [1.29, 1.82) is 0 Å². The quantitative estimate of drug-likeness (QED) is 0.235. The average molecular weight is 465 g/mol. The lowest BCUT2D eigenvalue weighted by molar-refractivity contribution is -0.239. The van der Waals surface area contributed by atoms with E-state index in [1.54, 1.807) is 0 Å². The molecule has 8 nitrogen and oxygen atoms in total. The highest BCUT2D eigenvalue weighted by Gasteiger charge is 2.68. The smallest absolute Gasteiger partial charge is 0.189 e. The molecule has 1 aromatic carbocycles. The second-order valence-electron chi connectivity index (χ2n) is 9.67. The van der Waals surface area contributed by atoms with E-state index in [2.05, 4.69) is 0 Å². The Morgan fingerprint density at radius 1 is 1.24 bits per heavy atom. The molecule has 2 aliphatic heterocycles. The summed E-state index contributed by atoms with van der Waals surface area (Å²) in [6.07, 6.45) is -0.0511. The number of aliphatic hydroxyl groups is 2. The second-order valence-corrected chi connectivity index (χ2v) is 9.67. The number of aromatic hydroxyl groups is 2. The lowest BCUT2D eigenvalue weighted by atomic mass is 9.80. The van der Waals surface area contributed by atoms with Gasteiger partial charge in [0.2, 0.25) is 0 Å². The normalized spacial score (nSPS) is 29.9. The van der Waals surface area contributed by atoms with E-state index in [9.17, 15) is 30.0 Å². The number of ether oxygens (including phenoxy) is 2. The van der Waals surface area contributed by atoms with Gasteiger partial charge < -0.3 is 29.9 Å². The van der Waals surface area contributed by atoms with Crippen LogP contribution in [0.25, 0.3) is 0 Å². The zero-order valence-electron chi connectivity index (χ0n) is 19.8. The number of phenols is 2. The van der Waals surface area contributed by atoms with Crippen molar-refractivity contribution in [2.75, 3.05) is 0 Å². The molecule has 2 heterocycles. The Hall–Kier alpha value is -2.00. The molecule has 33 heavy (non-hydrogen) atoms. The molecule has 3 rings (SSSR count). The number of hydrogen-bond donors (Lipinski definition) is 4. The Labute approximate surface area is 194 Å². The molecule has 0 aromatic heterocycles. The third-order valence-electron chi connectivity index (χ3n) is 6.88. The fourth-order valence-corrected chi connectivity index (χ4v) is 5.03. The minimum absolute atomic E-state index is 0.0615. The molecule has 6 atom stereocenters. The minimum atomic E-state index is -1.37. The number of carbonyl (C=O) groups excluding carboxylic acids is 2. The van der Waals surface area contributed by atoms with Crippen molar-refractivity contribution in [2.24, 2.45) is 11.8 Å². The van der Waals surface area contributed by atoms with Crippen LogP contribution in [0.5, 0.6) is 11.5 Å². The number of aliphatic hydroxyl groups excluding tert-OH is 2. The van der Waals surface area contributed by atoms with Gasteiger partial charge in [-0.25, -0.2) is 0 Å². The molecule has 1 spiro atoms. The molecule has 0 amide bonds. The third kappa shape index (κ3) is 4.67. The number of unbranched alkanes of at least 4 members (excludes halogenated alkanes) is 1. The highest BCUT2D eigenvalue weighted by molar-refractivity contribution is 6.04. The van der Waals surface area contributed by atoms with Gasteiger partial charge in [0.15, 0.2) is 24.0 Å². The number of epoxide rings is 1. The monoisotopic (exact) mass is 464 g/mol. The number of Topliss-reactive ketones (excluding diaryl/α,β-unsaturated/α-hetero) is 1. The van der Waals surface area contributed by atoms with Crippen LogP contribution >= 0.6 is 0 Å². The van der Waals surface area contributed by atoms with Crippen molar-refractivity contribution < 1.29 is 39.5 Å². The van der Waals surface area contributed by atoms with Gasteiger partial charge in [0.1, 0.15) is 11.5 Å². The zero-order valence-corrected chi connectivity index (χ0v) is 19.8. The lowest BCUT2D eigenvalue weighted by Gasteiger charge is -2.39. The molecule has 0 bridgehead atoms. The summed E-state index contributed by atoms with van der Waals surface area (Å²) in [6, 6.07) is 1.44. The van der Waals surface area contributed by atoms with Gasteiger partial charge in [0.05, 0.1) is 29.4 Å². The number of phenolic OH excluding ortho intramolecular Hbond substituents is 2. The van der Waals surface area contributed by atoms with Gasteiger partial charge in [0.25, 0.3) is 0 Å². The molecule has 8 heteroatoms. The summed E-state index contributed by atoms with van der Waals surface area (Å²) in [6.45, 7) is 7.76. The van der Waals surface area contributed by atoms with Crippen LogP contribution in [0.3, 0.4) is 0 Å². The van der Waals surface area contributed by atoms with Crippen LogP contribution in [0.1, 0.15) is 86.1 Å². The minimum Gasteiger partial charge on any atom is -0.507 e. The van der Waals surface area contributed by atoms with Crippen LogP contribution in [0.15, 0.2) is 6.07 Å². The summed E-state index contributed by atoms with van der Waals surface area (Å²) >= 11 is 0. The van der Waals surface area contributed by atoms with E-state index in [1.165, 1.54) is 6.07 Å². The van der Waals surface area contributed by atoms with Crippen LogP contribution in [0, 0.1) is 11.8 Å². The lowest BCUT2D eigenvalue weighted by Crippen LogP contribution is -2.55. The van der Waals surface area contributed by atoms with Gasteiger partial charge >= 0.3 is 0 Å². The fourth-order valence-electron chi connectivity index (χ4n) is 5.03. The van der Waals surface area contributed by atoms with Crippen molar-refractivity contribution in [3.8, 4) is 11.5 Å². The largest absolute Gasteiger partial charge is 0.507 e. The standard InChI is InChI=1S/C25H36O8/c1-5-7-8-15(18-11-19(27)25(24(31)32-18)20(6-2)33-25)22(29)16-10-14(9-13(3)4)21(28)17(12-26)23(16)30/h10,12-13,15,18-20,24,27-28,30-31H,5-9,11H2,1-4H3/t15-,18-,19+,20-,24+,25+/m0/s1. The van der Waals surface area contributed by atoms with Crippen molar-refractivity contribution in [3.05, 3.63) is 22.8 Å². The summed E-state index contributed by atoms with van der Waals surface area (Å²) in [7, 11) is 0. The van der Waals surface area contributed by atoms with Crippen molar-refractivity contribution >= 4 is 12.1 Å². The first kappa shape index (κ1) is 25.6. The topological polar surface area (TPSA) is 137 Å². The van der Waals surface area contributed by atoms with Gasteiger partial charge in [-0.15, -0.1) is 0 Å². The summed E-state index contributed by atoms with van der Waals surface area (Å²) < 4.78 is 11.4. The van der Waals surface area contributed by atoms with Crippen molar-refractivity contribution in [3.63, 3.8) is 0 Å². The molecular formula is C25H36O8. The number of benzene rings is 1. The first-order chi connectivity index (χ1) is 15.6. The van der Waals surface area contributed by atoms with Gasteiger partial charge in [-0.05, 0) is 36.8 Å². The Morgan fingerprint density at radius 3 is 2.45 bits per heavy atom. The number of aldehydes is 1. The highest BCUT2D eigenvalue weighted by Crippen LogP contribution is 2.50. The van der Waals surface area contributed by atoms with Gasteiger partial charge in [-0.1, -0.05) is 40.5 Å². The molecule has 184 valence electrons. The Morgan fingerprint density at radius 2 is 1.94 bits per heavy atom. The van der Waals surface area contributed by atoms with E-state index in [0.717, 1.165) is 6.42 Å². The number of hydrogen-bond acceptors (Lipinski definition) is 8. The first-order valence-electron chi connectivity index (χ1n) is 11.9. The predicted molar refractivity (Wildman–Crippen MR) is 120 cm³/mol. The van der Waals surface area contributed by atoms with Gasteiger partial charge in [-0.2, -0.15) is 0 Å². The van der Waals surface area contributed by atoms with Crippen molar-refractivity contribution in [1.82, 2.24) is 0 Å². The number of ketones is 1. The molecule has 2 saturated heterocycles. The van der Waals surface area contributed by atoms with Crippen LogP contribution in [-0.4, -0.2) is 62.7 Å². The van der Waals surface area contributed by atoms with Gasteiger partial charge in [-0.3, -0.25) is 9.59 Å². The Balaban J connectivity index is 1.95. The van der Waals surface area contributed by atoms with E-state index >= 15 is 0 Å². The molecule has 4 N–H and O–H groups in total. The van der Waals surface area contributed by atoms with Crippen molar-refractivity contribution in [2.45, 2.75) is 96.4 Å². The van der Waals surface area contributed by atoms with E-state index < -0.39 is 41.5 Å². The van der Waals surface area contributed by atoms with Crippen LogP contribution in [-0.2, 0) is 15.9 Å². The Bertz CT molecular complexity index is 868. The van der Waals surface area contributed by atoms with E-state index in [0.29, 0.717) is 37.5 Å². The maximum absolute atomic E-state index is 13.7. The summed E-state index contributed by atoms with van der Waals surface area (Å²) in [5.41, 5.74) is -1.12. The zero-order chi connectivity index (χ0) is 24.5. The van der Waals surface area contributed by atoms with E-state index in [1.807, 2.05) is 27.7 Å². The summed E-state index contributed by atoms with van der Waals surface area (Å²) in [5, 5.41) is 42.5. The molecule has 0 unspecified atom stereocenters. The SMILES string of the molecule is CCCC[C@H](C(=O)c1cc(CC(C)C)c(O)c(C=O)c1O)[C@@H]1C[C@@H](O)[C@]2(O[C@H]2CC)[C@H](O)O1. The molecule has 2 fully saturated rings. The third-order valence-corrected chi connectivity index (χ3v) is 6.88. The highest BCUT2D eigenvalue weighted by atomic mass is 16.7. The van der Waals surface area contributed by atoms with E-state index in [-0.39, 0.29) is 35.3 Å². The van der Waals surface area contributed by atoms with Gasteiger partial charge in [0, 0.05) is 12.3 Å². The summed E-state index contributed by atoms with van der Waals surface area (Å²) in [5.74, 6) is -1.94. The Kier molecular flexibility index (Phi) is 7.84. The van der Waals surface area contributed by atoms with Crippen LogP contribution in [0.2, 0.25) is 0 Å². The van der Waals surface area contributed by atoms with Crippen LogP contribution < -0.4 is 0 Å². The molecule has 1 aromatic rings. The second kappa shape index (κ2) is 10.1. The maximum atomic E-state index is 13.7.